The minimum absolute atomic E-state index is 0.0000917. The van der Waals surface area contributed by atoms with Gasteiger partial charge in [-0.1, -0.05) is 24.3 Å². The maximum Gasteiger partial charge on any atom is 0.433 e. The second-order valence-electron chi connectivity index (χ2n) is 9.34. The van der Waals surface area contributed by atoms with Crippen LogP contribution in [-0.4, -0.2) is 65.9 Å². The molecule has 4 heterocycles. The van der Waals surface area contributed by atoms with E-state index >= 15 is 0 Å². The molecule has 4 aliphatic rings. The molecule has 11 heteroatoms. The van der Waals surface area contributed by atoms with Gasteiger partial charge in [-0.05, 0) is 42.5 Å². The fraction of sp³-hybridized carbons (Fsp3) is 0.370. The lowest BCUT2D eigenvalue weighted by atomic mass is 10.0. The normalized spacial score (nSPS) is 20.7. The molecular weight excluding hydrogens is 501 g/mol. The summed E-state index contributed by atoms with van der Waals surface area (Å²) in [6.45, 7) is 1.71. The number of aromatic nitrogens is 1. The molecule has 0 aromatic carbocycles. The van der Waals surface area contributed by atoms with E-state index in [0.717, 1.165) is 36.3 Å². The molecule has 0 N–H and O–H groups in total. The van der Waals surface area contributed by atoms with Crippen molar-refractivity contribution in [1.29, 1.82) is 0 Å². The van der Waals surface area contributed by atoms with Gasteiger partial charge in [0, 0.05) is 26.2 Å². The number of anilines is 1. The van der Waals surface area contributed by atoms with Gasteiger partial charge in [-0.2, -0.15) is 13.2 Å². The molecule has 0 radical (unpaired) electrons. The van der Waals surface area contributed by atoms with Crippen molar-refractivity contribution in [1.82, 2.24) is 14.8 Å². The highest BCUT2D eigenvalue weighted by molar-refractivity contribution is 5.95. The first-order valence-electron chi connectivity index (χ1n) is 12.4. The van der Waals surface area contributed by atoms with Gasteiger partial charge in [-0.25, -0.2) is 4.98 Å². The number of nitrogens with zero attached hydrogens (tertiary/aromatic N) is 4. The number of rotatable bonds is 5. The Labute approximate surface area is 218 Å². The highest BCUT2D eigenvalue weighted by Gasteiger charge is 2.33. The molecule has 1 fully saturated rings. The van der Waals surface area contributed by atoms with Gasteiger partial charge in [0.2, 0.25) is 11.8 Å². The van der Waals surface area contributed by atoms with Gasteiger partial charge >= 0.3 is 6.18 Å². The Balaban J connectivity index is 1.11. The molecule has 0 spiro atoms. The Morgan fingerprint density at radius 1 is 1.05 bits per heavy atom. The fourth-order valence-corrected chi connectivity index (χ4v) is 4.67. The monoisotopic (exact) mass is 528 g/mol. The average Bonchev–Trinajstić information content (AvgIpc) is 2.93. The Kier molecular flexibility index (Phi) is 7.37. The molecular formula is C27H27F3N4O4. The predicted octanol–water partition coefficient (Wildman–Crippen LogP) is 3.91. The maximum absolute atomic E-state index is 12.9. The summed E-state index contributed by atoms with van der Waals surface area (Å²) < 4.78 is 49.9. The zero-order valence-electron chi connectivity index (χ0n) is 20.6. The molecule has 0 unspecified atom stereocenters. The van der Waals surface area contributed by atoms with Crippen molar-refractivity contribution in [2.45, 2.75) is 25.4 Å². The Bertz CT molecular complexity index is 1250. The smallest absolute Gasteiger partial charge is 0.433 e. The van der Waals surface area contributed by atoms with Crippen LogP contribution in [0.5, 0.6) is 0 Å². The van der Waals surface area contributed by atoms with Crippen molar-refractivity contribution in [2.24, 2.45) is 0 Å². The van der Waals surface area contributed by atoms with E-state index in [1.54, 1.807) is 22.3 Å². The molecule has 1 aliphatic carbocycles. The standard InChI is InChI=1S/C27H27F3N4O4/c28-27(29,30)24-7-6-21(14-31-24)34-13-12-32(16-26(34)36)15-25(35)33-10-8-20(9-11-33)23-18-37-17-22(38-23)19-4-2-1-3-5-19/h1-2,4,6-8,14,17-18H,3,5,9-13,15-16H2. The van der Waals surface area contributed by atoms with E-state index in [1.165, 1.54) is 11.0 Å². The van der Waals surface area contributed by atoms with Gasteiger partial charge < -0.3 is 19.3 Å². The van der Waals surface area contributed by atoms with E-state index in [2.05, 4.69) is 11.1 Å². The second kappa shape index (κ2) is 10.9. The zero-order chi connectivity index (χ0) is 26.7. The summed E-state index contributed by atoms with van der Waals surface area (Å²) >= 11 is 0. The summed E-state index contributed by atoms with van der Waals surface area (Å²) in [5.41, 5.74) is 1.35. The van der Waals surface area contributed by atoms with Gasteiger partial charge in [-0.3, -0.25) is 14.5 Å². The lowest BCUT2D eigenvalue weighted by Crippen LogP contribution is -2.53. The molecule has 3 aliphatic heterocycles. The first kappa shape index (κ1) is 25.8. The summed E-state index contributed by atoms with van der Waals surface area (Å²) in [5.74, 6) is 0.958. The van der Waals surface area contributed by atoms with E-state index in [9.17, 15) is 22.8 Å². The van der Waals surface area contributed by atoms with Gasteiger partial charge in [0.05, 0.1) is 25.0 Å². The Morgan fingerprint density at radius 2 is 1.87 bits per heavy atom. The van der Waals surface area contributed by atoms with Crippen LogP contribution in [0.1, 0.15) is 25.0 Å². The predicted molar refractivity (Wildman–Crippen MR) is 132 cm³/mol. The van der Waals surface area contributed by atoms with E-state index in [-0.39, 0.29) is 31.4 Å². The van der Waals surface area contributed by atoms with Crippen LogP contribution >= 0.6 is 0 Å². The van der Waals surface area contributed by atoms with E-state index < -0.39 is 11.9 Å². The minimum atomic E-state index is -4.54. The van der Waals surface area contributed by atoms with E-state index in [0.29, 0.717) is 43.3 Å². The molecule has 0 bridgehead atoms. The van der Waals surface area contributed by atoms with Crippen LogP contribution in [0.3, 0.4) is 0 Å². The number of alkyl halides is 3. The summed E-state index contributed by atoms with van der Waals surface area (Å²) in [7, 11) is 0. The van der Waals surface area contributed by atoms with Crippen LogP contribution in [0.25, 0.3) is 0 Å². The number of carbonyl (C=O) groups excluding carboxylic acids is 2. The first-order valence-corrected chi connectivity index (χ1v) is 12.4. The largest absolute Gasteiger partial charge is 0.465 e. The zero-order valence-corrected chi connectivity index (χ0v) is 20.6. The molecule has 38 heavy (non-hydrogen) atoms. The Morgan fingerprint density at radius 3 is 2.50 bits per heavy atom. The van der Waals surface area contributed by atoms with Gasteiger partial charge in [0.15, 0.2) is 11.5 Å². The van der Waals surface area contributed by atoms with Crippen molar-refractivity contribution < 1.29 is 32.2 Å². The molecule has 5 rings (SSSR count). The van der Waals surface area contributed by atoms with Crippen LogP contribution in [-0.2, 0) is 25.2 Å². The first-order chi connectivity index (χ1) is 18.3. The topological polar surface area (TPSA) is 75.2 Å². The number of piperazine rings is 1. The number of carbonyl (C=O) groups is 2. The van der Waals surface area contributed by atoms with Crippen molar-refractivity contribution >= 4 is 17.5 Å². The van der Waals surface area contributed by atoms with E-state index in [1.807, 2.05) is 18.2 Å². The number of halogens is 3. The minimum Gasteiger partial charge on any atom is -0.465 e. The van der Waals surface area contributed by atoms with Gasteiger partial charge in [-0.15, -0.1) is 0 Å². The van der Waals surface area contributed by atoms with Crippen LogP contribution < -0.4 is 4.90 Å². The van der Waals surface area contributed by atoms with Crippen molar-refractivity contribution in [2.75, 3.05) is 44.2 Å². The number of allylic oxidation sites excluding steroid dienone is 5. The van der Waals surface area contributed by atoms with Crippen molar-refractivity contribution in [3.05, 3.63) is 83.5 Å². The molecule has 200 valence electrons. The Hall–Kier alpha value is -3.86. The number of ether oxygens (including phenoxy) is 2. The van der Waals surface area contributed by atoms with Gasteiger partial charge in [0.25, 0.3) is 0 Å². The van der Waals surface area contributed by atoms with Crippen molar-refractivity contribution in [3.63, 3.8) is 0 Å². The van der Waals surface area contributed by atoms with Crippen LogP contribution in [0.4, 0.5) is 18.9 Å². The highest BCUT2D eigenvalue weighted by Crippen LogP contribution is 2.31. The molecule has 0 atom stereocenters. The third kappa shape index (κ3) is 5.83. The number of hydrogen-bond acceptors (Lipinski definition) is 6. The molecule has 2 amide bonds. The number of pyridine rings is 1. The molecule has 1 saturated heterocycles. The van der Waals surface area contributed by atoms with Crippen LogP contribution in [0, 0.1) is 0 Å². The molecule has 0 saturated carbocycles. The molecule has 1 aromatic rings. The quantitative estimate of drug-likeness (QED) is 0.577. The molecule has 1 aromatic heterocycles. The second-order valence-corrected chi connectivity index (χ2v) is 9.34. The summed E-state index contributed by atoms with van der Waals surface area (Å²) in [6, 6.07) is 2.10. The highest BCUT2D eigenvalue weighted by atomic mass is 19.4. The number of amides is 2. The summed E-state index contributed by atoms with van der Waals surface area (Å²) in [6.07, 6.45) is 10.2. The van der Waals surface area contributed by atoms with Crippen LogP contribution in [0.2, 0.25) is 0 Å². The van der Waals surface area contributed by atoms with E-state index in [4.69, 9.17) is 9.47 Å². The SMILES string of the molecule is O=C(CN1CCN(c2ccc(C(F)(F)F)nc2)C(=O)C1)N1CC=C(C2=COC=C(C3=CC=CCC3)O2)CC1. The fourth-order valence-electron chi connectivity index (χ4n) is 4.67. The lowest BCUT2D eigenvalue weighted by Gasteiger charge is -2.35. The molecule has 8 nitrogen and oxygen atoms in total. The summed E-state index contributed by atoms with van der Waals surface area (Å²) in [5, 5.41) is 0. The lowest BCUT2D eigenvalue weighted by molar-refractivity contribution is -0.141. The van der Waals surface area contributed by atoms with Crippen LogP contribution in [0.15, 0.2) is 77.8 Å². The number of hydrogen-bond donors (Lipinski definition) is 0. The summed E-state index contributed by atoms with van der Waals surface area (Å²) in [4.78, 5) is 33.9. The maximum atomic E-state index is 12.9. The third-order valence-corrected chi connectivity index (χ3v) is 6.79. The van der Waals surface area contributed by atoms with Gasteiger partial charge in [0.1, 0.15) is 18.2 Å². The van der Waals surface area contributed by atoms with Crippen molar-refractivity contribution in [3.8, 4) is 0 Å². The third-order valence-electron chi connectivity index (χ3n) is 6.79. The average molecular weight is 529 g/mol.